The molecule has 2 fully saturated rings. The van der Waals surface area contributed by atoms with E-state index in [-0.39, 0.29) is 34.7 Å². The Morgan fingerprint density at radius 1 is 0.737 bits per heavy atom. The van der Waals surface area contributed by atoms with Crippen LogP contribution in [0.25, 0.3) is 0 Å². The summed E-state index contributed by atoms with van der Waals surface area (Å²) in [6, 6.07) is 14.5. The molecule has 2 saturated carbocycles. The summed E-state index contributed by atoms with van der Waals surface area (Å²) in [6.07, 6.45) is 6.89. The van der Waals surface area contributed by atoms with Crippen molar-refractivity contribution in [3.63, 3.8) is 0 Å². The van der Waals surface area contributed by atoms with Gasteiger partial charge in [0.15, 0.2) is 0 Å². The summed E-state index contributed by atoms with van der Waals surface area (Å²) in [5.41, 5.74) is 0. The van der Waals surface area contributed by atoms with Crippen molar-refractivity contribution in [2.75, 3.05) is 33.3 Å². The van der Waals surface area contributed by atoms with E-state index in [1.807, 2.05) is 0 Å². The highest BCUT2D eigenvalue weighted by Crippen LogP contribution is 2.30. The Kier molecular flexibility index (Phi) is 9.86. The number of hydrogen-bond acceptors (Lipinski definition) is 6. The largest absolute Gasteiger partial charge is 0.497 e. The molecular weight excluding hydrogens is 524 g/mol. The Morgan fingerprint density at radius 2 is 1.16 bits per heavy atom. The van der Waals surface area contributed by atoms with Crippen molar-refractivity contribution in [2.45, 2.75) is 67.3 Å². The van der Waals surface area contributed by atoms with Gasteiger partial charge in [-0.05, 0) is 73.9 Å². The molecule has 0 bridgehead atoms. The van der Waals surface area contributed by atoms with Crippen molar-refractivity contribution in [1.29, 1.82) is 0 Å². The van der Waals surface area contributed by atoms with E-state index >= 15 is 0 Å². The molecule has 8 nitrogen and oxygen atoms in total. The van der Waals surface area contributed by atoms with E-state index in [0.29, 0.717) is 18.8 Å². The van der Waals surface area contributed by atoms with Crippen LogP contribution in [0.5, 0.6) is 5.75 Å². The molecule has 2 aromatic carbocycles. The Hall–Kier alpha value is -1.98. The topological polar surface area (TPSA) is 104 Å². The first-order chi connectivity index (χ1) is 18.2. The minimum absolute atomic E-state index is 0.128. The monoisotopic (exact) mass is 564 g/mol. The third kappa shape index (κ3) is 7.15. The van der Waals surface area contributed by atoms with Crippen molar-refractivity contribution >= 4 is 20.0 Å². The van der Waals surface area contributed by atoms with Gasteiger partial charge in [0, 0.05) is 26.2 Å². The maximum atomic E-state index is 13.7. The van der Waals surface area contributed by atoms with E-state index in [0.717, 1.165) is 51.4 Å². The second kappa shape index (κ2) is 12.9. The summed E-state index contributed by atoms with van der Waals surface area (Å²) in [5, 5.41) is 11.2. The normalized spacial score (nSPS) is 18.4. The van der Waals surface area contributed by atoms with E-state index in [4.69, 9.17) is 4.74 Å². The third-order valence-electron chi connectivity index (χ3n) is 7.78. The fourth-order valence-corrected chi connectivity index (χ4v) is 8.80. The van der Waals surface area contributed by atoms with Crippen molar-refractivity contribution < 1.29 is 26.7 Å². The molecular formula is C28H40N2O6S2. The number of benzene rings is 2. The lowest BCUT2D eigenvalue weighted by Gasteiger charge is -2.31. The molecule has 0 spiro atoms. The minimum atomic E-state index is -3.90. The number of hydrogen-bond donors (Lipinski definition) is 1. The van der Waals surface area contributed by atoms with Crippen LogP contribution in [0.15, 0.2) is 64.4 Å². The van der Waals surface area contributed by atoms with Gasteiger partial charge >= 0.3 is 0 Å². The zero-order valence-corrected chi connectivity index (χ0v) is 23.7. The first-order valence-electron chi connectivity index (χ1n) is 13.6. The second-order valence-electron chi connectivity index (χ2n) is 10.6. The van der Waals surface area contributed by atoms with Gasteiger partial charge in [0.1, 0.15) is 5.75 Å². The van der Waals surface area contributed by atoms with Gasteiger partial charge in [0.2, 0.25) is 20.0 Å². The molecule has 0 aliphatic heterocycles. The molecule has 0 radical (unpaired) electrons. The van der Waals surface area contributed by atoms with Gasteiger partial charge in [-0.25, -0.2) is 16.8 Å². The van der Waals surface area contributed by atoms with Crippen molar-refractivity contribution in [3.8, 4) is 5.75 Å². The SMILES string of the molecule is COc1ccc(S(=O)(=O)N(CC(O)CN(CC2CCCC2)S(=O)(=O)c2ccccc2)CC2CCCC2)cc1. The molecule has 0 saturated heterocycles. The van der Waals surface area contributed by atoms with E-state index < -0.39 is 26.2 Å². The standard InChI is InChI=1S/C28H40N2O6S2/c1-36-26-15-17-28(18-16-26)38(34,35)30(20-24-11-7-8-12-24)22-25(31)21-29(19-23-9-5-6-10-23)37(32,33)27-13-3-2-4-14-27/h2-4,13-18,23-25,31H,5-12,19-22H2,1H3. The van der Waals surface area contributed by atoms with Crippen LogP contribution >= 0.6 is 0 Å². The highest BCUT2D eigenvalue weighted by molar-refractivity contribution is 7.89. The highest BCUT2D eigenvalue weighted by atomic mass is 32.2. The van der Waals surface area contributed by atoms with Crippen LogP contribution in [0.3, 0.4) is 0 Å². The van der Waals surface area contributed by atoms with Crippen LogP contribution in [0.4, 0.5) is 0 Å². The van der Waals surface area contributed by atoms with Gasteiger partial charge in [0.05, 0.1) is 23.0 Å². The van der Waals surface area contributed by atoms with E-state index in [1.54, 1.807) is 42.5 Å². The fraction of sp³-hybridized carbons (Fsp3) is 0.571. The number of methoxy groups -OCH3 is 1. The molecule has 210 valence electrons. The summed E-state index contributed by atoms with van der Waals surface area (Å²) < 4.78 is 62.4. The molecule has 0 heterocycles. The van der Waals surface area contributed by atoms with Gasteiger partial charge in [-0.3, -0.25) is 0 Å². The summed E-state index contributed by atoms with van der Waals surface area (Å²) in [7, 11) is -6.23. The summed E-state index contributed by atoms with van der Waals surface area (Å²) in [6.45, 7) is 0.297. The van der Waals surface area contributed by atoms with Crippen molar-refractivity contribution in [3.05, 3.63) is 54.6 Å². The minimum Gasteiger partial charge on any atom is -0.497 e. The quantitative estimate of drug-likeness (QED) is 0.393. The Bertz CT molecular complexity index is 1220. The predicted octanol–water partition coefficient (Wildman–Crippen LogP) is 4.12. The summed E-state index contributed by atoms with van der Waals surface area (Å²) in [5.74, 6) is 1.01. The van der Waals surface area contributed by atoms with Crippen molar-refractivity contribution in [2.24, 2.45) is 11.8 Å². The molecule has 10 heteroatoms. The molecule has 0 amide bonds. The van der Waals surface area contributed by atoms with Crippen LogP contribution in [0.1, 0.15) is 51.4 Å². The van der Waals surface area contributed by atoms with Gasteiger partial charge in [-0.15, -0.1) is 0 Å². The maximum absolute atomic E-state index is 13.7. The van der Waals surface area contributed by atoms with Crippen LogP contribution < -0.4 is 4.74 Å². The molecule has 1 unspecified atom stereocenters. The lowest BCUT2D eigenvalue weighted by Crippen LogP contribution is -2.46. The smallest absolute Gasteiger partial charge is 0.243 e. The first kappa shape index (κ1) is 29.0. The first-order valence-corrected chi connectivity index (χ1v) is 16.5. The van der Waals surface area contributed by atoms with E-state index in [2.05, 4.69) is 0 Å². The van der Waals surface area contributed by atoms with E-state index in [9.17, 15) is 21.9 Å². The van der Waals surface area contributed by atoms with Crippen LogP contribution in [-0.4, -0.2) is 69.9 Å². The highest BCUT2D eigenvalue weighted by Gasteiger charge is 2.34. The molecule has 2 aliphatic carbocycles. The zero-order chi connectivity index (χ0) is 27.2. The lowest BCUT2D eigenvalue weighted by atomic mass is 10.1. The maximum Gasteiger partial charge on any atom is 0.243 e. The molecule has 2 aromatic rings. The number of rotatable bonds is 13. The molecule has 1 N–H and O–H groups in total. The second-order valence-corrected chi connectivity index (χ2v) is 14.5. The van der Waals surface area contributed by atoms with Crippen LogP contribution in [0, 0.1) is 11.8 Å². The van der Waals surface area contributed by atoms with Gasteiger partial charge in [-0.1, -0.05) is 43.9 Å². The zero-order valence-electron chi connectivity index (χ0n) is 22.1. The fourth-order valence-electron chi connectivity index (χ4n) is 5.67. The molecule has 38 heavy (non-hydrogen) atoms. The number of aliphatic hydroxyl groups is 1. The molecule has 1 atom stereocenters. The van der Waals surface area contributed by atoms with Gasteiger partial charge < -0.3 is 9.84 Å². The van der Waals surface area contributed by atoms with Gasteiger partial charge in [0.25, 0.3) is 0 Å². The third-order valence-corrected chi connectivity index (χ3v) is 11.5. The molecule has 4 rings (SSSR count). The van der Waals surface area contributed by atoms with Crippen LogP contribution in [0.2, 0.25) is 0 Å². The number of aliphatic hydroxyl groups excluding tert-OH is 1. The lowest BCUT2D eigenvalue weighted by molar-refractivity contribution is 0.114. The van der Waals surface area contributed by atoms with Crippen molar-refractivity contribution in [1.82, 2.24) is 8.61 Å². The summed E-state index contributed by atoms with van der Waals surface area (Å²) in [4.78, 5) is 0.307. The molecule has 2 aliphatic rings. The van der Waals surface area contributed by atoms with Gasteiger partial charge in [-0.2, -0.15) is 8.61 Å². The van der Waals surface area contributed by atoms with Crippen LogP contribution in [-0.2, 0) is 20.0 Å². The van der Waals surface area contributed by atoms with E-state index in [1.165, 1.54) is 27.9 Å². The number of ether oxygens (including phenoxy) is 1. The number of sulfonamides is 2. The Labute approximate surface area is 227 Å². The summed E-state index contributed by atoms with van der Waals surface area (Å²) >= 11 is 0. The number of nitrogens with zero attached hydrogens (tertiary/aromatic N) is 2. The Morgan fingerprint density at radius 3 is 1.58 bits per heavy atom. The molecule has 0 aromatic heterocycles. The Balaban J connectivity index is 1.56. The predicted molar refractivity (Wildman–Crippen MR) is 147 cm³/mol. The average molecular weight is 565 g/mol. The average Bonchev–Trinajstić information content (AvgIpc) is 3.63.